The second-order valence-electron chi connectivity index (χ2n) is 9.13. The Morgan fingerprint density at radius 3 is 2.44 bits per heavy atom. The molecule has 1 aliphatic carbocycles. The molecule has 1 rings (SSSR count). The van der Waals surface area contributed by atoms with Crippen LogP contribution in [0.1, 0.15) is 53.4 Å². The van der Waals surface area contributed by atoms with E-state index < -0.39 is 32.4 Å². The van der Waals surface area contributed by atoms with Crippen LogP contribution in [0.25, 0.3) is 0 Å². The fraction of sp³-hybridized carbons (Fsp3) is 0.762. The summed E-state index contributed by atoms with van der Waals surface area (Å²) < 4.78 is 6.53. The lowest BCUT2D eigenvalue weighted by molar-refractivity contribution is -0.139. The highest BCUT2D eigenvalue weighted by Crippen LogP contribution is 2.44. The van der Waals surface area contributed by atoms with Gasteiger partial charge in [-0.05, 0) is 37.4 Å². The predicted octanol–water partition coefficient (Wildman–Crippen LogP) is 4.12. The smallest absolute Gasteiger partial charge is 0.303 e. The number of aliphatic hydroxyl groups is 2. The minimum absolute atomic E-state index is 0.0293. The topological polar surface area (TPSA) is 87.0 Å². The highest BCUT2D eigenvalue weighted by atomic mass is 28.4. The normalized spacial score (nSPS) is 28.3. The van der Waals surface area contributed by atoms with Crippen LogP contribution in [-0.2, 0) is 9.22 Å². The molecule has 0 heterocycles. The SMILES string of the molecule is CC/C=C\CC(O)/C=C/[C@H]1[C@H](CC(=O)O)[C@H](O)C[C@@H]1O[Si](C)(C)C(C)(C)C. The number of hydrogen-bond donors (Lipinski definition) is 3. The third kappa shape index (κ3) is 7.18. The monoisotopic (exact) mass is 398 g/mol. The summed E-state index contributed by atoms with van der Waals surface area (Å²) in [4.78, 5) is 11.3. The Bertz CT molecular complexity index is 535. The van der Waals surface area contributed by atoms with E-state index >= 15 is 0 Å². The van der Waals surface area contributed by atoms with Crippen molar-refractivity contribution in [1.29, 1.82) is 0 Å². The molecule has 5 atom stereocenters. The molecular weight excluding hydrogens is 360 g/mol. The zero-order valence-electron chi connectivity index (χ0n) is 17.7. The first-order valence-corrected chi connectivity index (χ1v) is 12.9. The second-order valence-corrected chi connectivity index (χ2v) is 13.9. The van der Waals surface area contributed by atoms with Gasteiger partial charge in [0.15, 0.2) is 8.32 Å². The summed E-state index contributed by atoms with van der Waals surface area (Å²) in [5.74, 6) is -1.53. The average Bonchev–Trinajstić information content (AvgIpc) is 2.78. The summed E-state index contributed by atoms with van der Waals surface area (Å²) in [6.45, 7) is 12.8. The van der Waals surface area contributed by atoms with E-state index in [9.17, 15) is 20.1 Å². The van der Waals surface area contributed by atoms with Crippen LogP contribution in [0.4, 0.5) is 0 Å². The third-order valence-corrected chi connectivity index (χ3v) is 10.4. The molecular formula is C21H38O5Si. The Balaban J connectivity index is 2.99. The molecule has 0 saturated heterocycles. The van der Waals surface area contributed by atoms with Gasteiger partial charge in [-0.3, -0.25) is 4.79 Å². The maximum Gasteiger partial charge on any atom is 0.303 e. The van der Waals surface area contributed by atoms with Gasteiger partial charge in [0.1, 0.15) is 0 Å². The lowest BCUT2D eigenvalue weighted by Crippen LogP contribution is -2.45. The Hall–Kier alpha value is -0.953. The average molecular weight is 399 g/mol. The summed E-state index contributed by atoms with van der Waals surface area (Å²) in [5.41, 5.74) is 0. The van der Waals surface area contributed by atoms with Crippen molar-refractivity contribution in [3.8, 4) is 0 Å². The van der Waals surface area contributed by atoms with Crippen molar-refractivity contribution < 1.29 is 24.5 Å². The number of carboxylic acid groups (broad SMARTS) is 1. The van der Waals surface area contributed by atoms with E-state index in [1.165, 1.54) is 0 Å². The number of allylic oxidation sites excluding steroid dienone is 1. The predicted molar refractivity (Wildman–Crippen MR) is 111 cm³/mol. The Morgan fingerprint density at radius 1 is 1.30 bits per heavy atom. The molecule has 27 heavy (non-hydrogen) atoms. The Morgan fingerprint density at radius 2 is 1.93 bits per heavy atom. The fourth-order valence-corrected chi connectivity index (χ4v) is 4.63. The van der Waals surface area contributed by atoms with Crippen LogP contribution in [0, 0.1) is 11.8 Å². The van der Waals surface area contributed by atoms with Crippen LogP contribution < -0.4 is 0 Å². The molecule has 3 N–H and O–H groups in total. The van der Waals surface area contributed by atoms with E-state index in [0.29, 0.717) is 12.8 Å². The van der Waals surface area contributed by atoms with Crippen molar-refractivity contribution in [1.82, 2.24) is 0 Å². The third-order valence-electron chi connectivity index (χ3n) is 5.89. The molecule has 0 bridgehead atoms. The van der Waals surface area contributed by atoms with Gasteiger partial charge in [0.25, 0.3) is 0 Å². The number of carboxylic acids is 1. The Kier molecular flexibility index (Phi) is 8.93. The first kappa shape index (κ1) is 24.1. The van der Waals surface area contributed by atoms with E-state index in [0.717, 1.165) is 6.42 Å². The molecule has 0 aromatic carbocycles. The summed E-state index contributed by atoms with van der Waals surface area (Å²) in [7, 11) is -2.06. The highest BCUT2D eigenvalue weighted by Gasteiger charge is 2.47. The second kappa shape index (κ2) is 10.0. The van der Waals surface area contributed by atoms with Crippen molar-refractivity contribution in [2.75, 3.05) is 0 Å². The van der Waals surface area contributed by atoms with Crippen LogP contribution in [0.2, 0.25) is 18.1 Å². The molecule has 1 aliphatic rings. The molecule has 0 spiro atoms. The van der Waals surface area contributed by atoms with Gasteiger partial charge in [-0.15, -0.1) is 0 Å². The molecule has 1 fully saturated rings. The van der Waals surface area contributed by atoms with Crippen molar-refractivity contribution in [2.24, 2.45) is 11.8 Å². The maximum atomic E-state index is 11.3. The van der Waals surface area contributed by atoms with E-state index in [1.54, 1.807) is 6.08 Å². The van der Waals surface area contributed by atoms with Gasteiger partial charge in [0.2, 0.25) is 0 Å². The minimum atomic E-state index is -2.06. The van der Waals surface area contributed by atoms with Gasteiger partial charge in [0, 0.05) is 11.8 Å². The van der Waals surface area contributed by atoms with Gasteiger partial charge < -0.3 is 19.7 Å². The quantitative estimate of drug-likeness (QED) is 0.402. The van der Waals surface area contributed by atoms with E-state index in [1.807, 2.05) is 25.2 Å². The van der Waals surface area contributed by atoms with Crippen molar-refractivity contribution in [2.45, 2.75) is 89.8 Å². The standard InChI is InChI=1S/C21H38O5Si/c1-7-8-9-10-15(22)11-12-16-17(13-20(24)25)18(23)14-19(16)26-27(5,6)21(2,3)4/h8-9,11-12,15-19,22-23H,7,10,13-14H2,1-6H3,(H,24,25)/b9-8-,12-11+/t15?,16-,17-,18+,19-/m0/s1. The van der Waals surface area contributed by atoms with Crippen molar-refractivity contribution in [3.63, 3.8) is 0 Å². The summed E-state index contributed by atoms with van der Waals surface area (Å²) in [5, 5.41) is 29.9. The van der Waals surface area contributed by atoms with Crippen molar-refractivity contribution in [3.05, 3.63) is 24.3 Å². The number of rotatable bonds is 9. The van der Waals surface area contributed by atoms with Crippen LogP contribution in [-0.4, -0.2) is 47.9 Å². The van der Waals surface area contributed by atoms with Crippen LogP contribution in [0.3, 0.4) is 0 Å². The molecule has 5 nitrogen and oxygen atoms in total. The van der Waals surface area contributed by atoms with Gasteiger partial charge in [-0.25, -0.2) is 0 Å². The highest BCUT2D eigenvalue weighted by molar-refractivity contribution is 6.74. The summed E-state index contributed by atoms with van der Waals surface area (Å²) in [6, 6.07) is 0. The van der Waals surface area contributed by atoms with Crippen LogP contribution in [0.5, 0.6) is 0 Å². The van der Waals surface area contributed by atoms with Gasteiger partial charge >= 0.3 is 5.97 Å². The van der Waals surface area contributed by atoms with E-state index in [4.69, 9.17) is 4.43 Å². The summed E-state index contributed by atoms with van der Waals surface area (Å²) >= 11 is 0. The molecule has 6 heteroatoms. The largest absolute Gasteiger partial charge is 0.481 e. The molecule has 0 aromatic rings. The lowest BCUT2D eigenvalue weighted by atomic mass is 9.90. The number of aliphatic hydroxyl groups excluding tert-OH is 2. The molecule has 0 aliphatic heterocycles. The zero-order chi connectivity index (χ0) is 20.8. The minimum Gasteiger partial charge on any atom is -0.481 e. The molecule has 1 saturated carbocycles. The van der Waals surface area contributed by atoms with E-state index in [-0.39, 0.29) is 23.5 Å². The van der Waals surface area contributed by atoms with Gasteiger partial charge in [-0.2, -0.15) is 0 Å². The van der Waals surface area contributed by atoms with Gasteiger partial charge in [-0.1, -0.05) is 52.0 Å². The Labute approximate surface area is 165 Å². The van der Waals surface area contributed by atoms with Crippen molar-refractivity contribution >= 4 is 14.3 Å². The molecule has 156 valence electrons. The molecule has 0 aromatic heterocycles. The zero-order valence-corrected chi connectivity index (χ0v) is 18.7. The first-order chi connectivity index (χ1) is 12.4. The van der Waals surface area contributed by atoms with Crippen LogP contribution >= 0.6 is 0 Å². The fourth-order valence-electron chi connectivity index (χ4n) is 3.26. The molecule has 0 amide bonds. The molecule has 1 unspecified atom stereocenters. The summed E-state index contributed by atoms with van der Waals surface area (Å²) in [6.07, 6.45) is 7.78. The van der Waals surface area contributed by atoms with Crippen LogP contribution in [0.15, 0.2) is 24.3 Å². The maximum absolute atomic E-state index is 11.3. The molecule has 0 radical (unpaired) electrons. The van der Waals surface area contributed by atoms with Gasteiger partial charge in [0.05, 0.1) is 24.7 Å². The lowest BCUT2D eigenvalue weighted by Gasteiger charge is -2.39. The van der Waals surface area contributed by atoms with E-state index in [2.05, 4.69) is 33.9 Å². The number of aliphatic carboxylic acids is 1. The number of carbonyl (C=O) groups is 1. The first-order valence-electron chi connectivity index (χ1n) is 9.98. The number of hydrogen-bond acceptors (Lipinski definition) is 4.